The Labute approximate surface area is 209 Å². The molecule has 2 aliphatic rings. The monoisotopic (exact) mass is 484 g/mol. The van der Waals surface area contributed by atoms with Gasteiger partial charge in [-0.3, -0.25) is 4.79 Å². The maximum absolute atomic E-state index is 13.1. The minimum Gasteiger partial charge on any atom is -0.496 e. The number of esters is 2. The van der Waals surface area contributed by atoms with Crippen molar-refractivity contribution in [3.8, 4) is 5.75 Å². The molecule has 0 amide bonds. The molecule has 0 N–H and O–H groups in total. The van der Waals surface area contributed by atoms with Gasteiger partial charge in [0.15, 0.2) is 0 Å². The average molecular weight is 485 g/mol. The van der Waals surface area contributed by atoms with E-state index in [1.54, 1.807) is 18.2 Å². The van der Waals surface area contributed by atoms with Crippen LogP contribution in [0.3, 0.4) is 0 Å². The lowest BCUT2D eigenvalue weighted by Crippen LogP contribution is -2.29. The number of rotatable bonds is 11. The van der Waals surface area contributed by atoms with Crippen molar-refractivity contribution in [3.05, 3.63) is 42.0 Å². The lowest BCUT2D eigenvalue weighted by atomic mass is 9.68. The quantitative estimate of drug-likeness (QED) is 0.227. The molecule has 0 bridgehead atoms. The summed E-state index contributed by atoms with van der Waals surface area (Å²) in [5, 5.41) is 0. The van der Waals surface area contributed by atoms with Crippen LogP contribution in [0.4, 0.5) is 0 Å². The van der Waals surface area contributed by atoms with Crippen LogP contribution in [0.5, 0.6) is 5.75 Å². The van der Waals surface area contributed by atoms with Crippen molar-refractivity contribution in [2.45, 2.75) is 71.1 Å². The zero-order valence-corrected chi connectivity index (χ0v) is 21.3. The molecule has 0 radical (unpaired) electrons. The molecule has 2 fully saturated rings. The van der Waals surface area contributed by atoms with E-state index in [-0.39, 0.29) is 24.9 Å². The fraction of sp³-hybridized carbons (Fsp3) is 0.621. The highest BCUT2D eigenvalue weighted by Gasteiger charge is 2.32. The van der Waals surface area contributed by atoms with Crippen molar-refractivity contribution in [1.29, 1.82) is 0 Å². The molecule has 1 aromatic carbocycles. The number of ether oxygens (including phenoxy) is 3. The Kier molecular flexibility index (Phi) is 10.4. The van der Waals surface area contributed by atoms with Crippen LogP contribution in [-0.4, -0.2) is 38.0 Å². The van der Waals surface area contributed by atoms with E-state index >= 15 is 0 Å². The summed E-state index contributed by atoms with van der Waals surface area (Å²) in [5.74, 6) is 2.35. The predicted molar refractivity (Wildman–Crippen MR) is 134 cm³/mol. The fourth-order valence-corrected chi connectivity index (χ4v) is 5.75. The lowest BCUT2D eigenvalue weighted by molar-refractivity contribution is -0.138. The van der Waals surface area contributed by atoms with Crippen LogP contribution >= 0.6 is 0 Å². The topological polar surface area (TPSA) is 78.9 Å². The Morgan fingerprint density at radius 2 is 1.57 bits per heavy atom. The zero-order chi connectivity index (χ0) is 25.2. The van der Waals surface area contributed by atoms with Gasteiger partial charge in [0.1, 0.15) is 24.7 Å². The van der Waals surface area contributed by atoms with Crippen LogP contribution in [-0.2, 0) is 25.5 Å². The molecular formula is C29H40O6. The van der Waals surface area contributed by atoms with Gasteiger partial charge >= 0.3 is 11.9 Å². The Morgan fingerprint density at radius 3 is 2.17 bits per heavy atom. The first-order valence-corrected chi connectivity index (χ1v) is 13.1. The molecule has 0 heterocycles. The van der Waals surface area contributed by atoms with Crippen molar-refractivity contribution in [2.75, 3.05) is 20.3 Å². The van der Waals surface area contributed by atoms with E-state index in [4.69, 9.17) is 14.2 Å². The van der Waals surface area contributed by atoms with Crippen molar-refractivity contribution in [1.82, 2.24) is 0 Å². The van der Waals surface area contributed by atoms with Crippen molar-refractivity contribution < 1.29 is 28.6 Å². The average Bonchev–Trinajstić information content (AvgIpc) is 2.91. The Bertz CT molecular complexity index is 875. The maximum Gasteiger partial charge on any atom is 0.338 e. The Hall–Kier alpha value is -2.63. The van der Waals surface area contributed by atoms with Gasteiger partial charge in [-0.2, -0.15) is 0 Å². The van der Waals surface area contributed by atoms with E-state index in [9.17, 15) is 14.4 Å². The first-order chi connectivity index (χ1) is 16.9. The number of benzene rings is 1. The molecule has 1 aromatic rings. The van der Waals surface area contributed by atoms with Gasteiger partial charge in [0.05, 0.1) is 12.7 Å². The maximum atomic E-state index is 13.1. The van der Waals surface area contributed by atoms with Gasteiger partial charge in [0, 0.05) is 24.0 Å². The van der Waals surface area contributed by atoms with Gasteiger partial charge < -0.3 is 14.2 Å². The molecule has 0 aromatic heterocycles. The molecular weight excluding hydrogens is 444 g/mol. The molecule has 0 saturated heterocycles. The highest BCUT2D eigenvalue weighted by molar-refractivity contribution is 5.90. The van der Waals surface area contributed by atoms with Crippen LogP contribution in [0.1, 0.15) is 80.6 Å². The van der Waals surface area contributed by atoms with E-state index in [1.807, 2.05) is 0 Å². The van der Waals surface area contributed by atoms with Crippen LogP contribution < -0.4 is 4.74 Å². The molecule has 0 unspecified atom stereocenters. The summed E-state index contributed by atoms with van der Waals surface area (Å²) in [6, 6.07) is 5.01. The number of methoxy groups -OCH3 is 1. The second-order valence-electron chi connectivity index (χ2n) is 9.98. The molecule has 192 valence electrons. The van der Waals surface area contributed by atoms with E-state index < -0.39 is 11.9 Å². The van der Waals surface area contributed by atoms with Gasteiger partial charge in [-0.15, -0.1) is 0 Å². The third-order valence-corrected chi connectivity index (χ3v) is 7.98. The summed E-state index contributed by atoms with van der Waals surface area (Å²) in [4.78, 5) is 36.4. The van der Waals surface area contributed by atoms with Crippen molar-refractivity contribution in [3.63, 3.8) is 0 Å². The zero-order valence-electron chi connectivity index (χ0n) is 21.3. The van der Waals surface area contributed by atoms with Gasteiger partial charge in [-0.05, 0) is 68.4 Å². The third-order valence-electron chi connectivity index (χ3n) is 7.98. The first kappa shape index (κ1) is 27.0. The summed E-state index contributed by atoms with van der Waals surface area (Å²) in [7, 11) is 1.53. The summed E-state index contributed by atoms with van der Waals surface area (Å²) in [5.41, 5.74) is 1.11. The second-order valence-corrected chi connectivity index (χ2v) is 9.98. The number of ketones is 1. The Balaban J connectivity index is 1.48. The van der Waals surface area contributed by atoms with E-state index in [1.165, 1.54) is 52.1 Å². The van der Waals surface area contributed by atoms with E-state index in [2.05, 4.69) is 13.5 Å². The van der Waals surface area contributed by atoms with Gasteiger partial charge in [0.25, 0.3) is 0 Å². The summed E-state index contributed by atoms with van der Waals surface area (Å²) in [6.45, 7) is 5.52. The van der Waals surface area contributed by atoms with Crippen LogP contribution in [0.25, 0.3) is 0 Å². The molecule has 0 aliphatic heterocycles. The van der Waals surface area contributed by atoms with Crippen molar-refractivity contribution in [2.24, 2.45) is 23.7 Å². The standard InChI is InChI=1S/C29H40O6/c1-4-20-6-8-21(9-7-20)22-10-12-23(13-11-22)26(30)18-24-14-15-25(19-27(24)33-3)29(32)35-17-16-34-28(31)5-2/h5,14-15,19-23H,2,4,6-13,16-18H2,1,3H3. The summed E-state index contributed by atoms with van der Waals surface area (Å²) in [6.07, 6.45) is 12.5. The van der Waals surface area contributed by atoms with E-state index in [0.717, 1.165) is 42.2 Å². The van der Waals surface area contributed by atoms with Gasteiger partial charge in [0.2, 0.25) is 0 Å². The van der Waals surface area contributed by atoms with Crippen molar-refractivity contribution >= 4 is 17.7 Å². The number of carbonyl (C=O) groups is 3. The van der Waals surface area contributed by atoms with E-state index in [0.29, 0.717) is 17.7 Å². The highest BCUT2D eigenvalue weighted by Crippen LogP contribution is 2.42. The molecule has 0 atom stereocenters. The molecule has 2 aliphatic carbocycles. The molecule has 2 saturated carbocycles. The minimum atomic E-state index is -0.565. The molecule has 0 spiro atoms. The number of hydrogen-bond donors (Lipinski definition) is 0. The third kappa shape index (κ3) is 7.68. The number of carbonyl (C=O) groups excluding carboxylic acids is 3. The fourth-order valence-electron chi connectivity index (χ4n) is 5.75. The van der Waals surface area contributed by atoms with Crippen LogP contribution in [0.15, 0.2) is 30.9 Å². The second kappa shape index (κ2) is 13.5. The highest BCUT2D eigenvalue weighted by atomic mass is 16.6. The first-order valence-electron chi connectivity index (χ1n) is 13.1. The minimum absolute atomic E-state index is 0.0391. The summed E-state index contributed by atoms with van der Waals surface area (Å²) < 4.78 is 15.4. The largest absolute Gasteiger partial charge is 0.496 e. The predicted octanol–water partition coefficient (Wildman–Crippen LogP) is 5.72. The number of Topliss-reactive ketones (excluding diaryl/α,β-unsaturated/α-hetero) is 1. The molecule has 6 nitrogen and oxygen atoms in total. The lowest BCUT2D eigenvalue weighted by Gasteiger charge is -2.37. The summed E-state index contributed by atoms with van der Waals surface area (Å²) >= 11 is 0. The number of hydrogen-bond acceptors (Lipinski definition) is 6. The van der Waals surface area contributed by atoms with Gasteiger partial charge in [-0.25, -0.2) is 9.59 Å². The smallest absolute Gasteiger partial charge is 0.338 e. The van der Waals surface area contributed by atoms with Crippen LogP contribution in [0, 0.1) is 23.7 Å². The Morgan fingerprint density at radius 1 is 0.943 bits per heavy atom. The SMILES string of the molecule is C=CC(=O)OCCOC(=O)c1ccc(CC(=O)C2CCC(C3CCC(CC)CC3)CC2)c(OC)c1. The molecule has 6 heteroatoms. The molecule has 35 heavy (non-hydrogen) atoms. The normalized spacial score (nSPS) is 24.3. The van der Waals surface area contributed by atoms with Gasteiger partial charge in [-0.1, -0.05) is 38.8 Å². The molecule has 3 rings (SSSR count). The van der Waals surface area contributed by atoms with Crippen LogP contribution in [0.2, 0.25) is 0 Å².